The van der Waals surface area contributed by atoms with Crippen molar-refractivity contribution < 1.29 is 4.43 Å². The van der Waals surface area contributed by atoms with E-state index in [1.807, 2.05) is 11.3 Å². The molecule has 0 saturated heterocycles. The van der Waals surface area contributed by atoms with Gasteiger partial charge in [-0.1, -0.05) is 26.8 Å². The van der Waals surface area contributed by atoms with Crippen LogP contribution in [0.25, 0.3) is 0 Å². The molecular weight excluding hydrogens is 220 g/mol. The zero-order valence-corrected chi connectivity index (χ0v) is 12.3. The van der Waals surface area contributed by atoms with E-state index in [-0.39, 0.29) is 0 Å². The molecule has 15 heavy (non-hydrogen) atoms. The van der Waals surface area contributed by atoms with Gasteiger partial charge in [-0.2, -0.15) is 0 Å². The second kappa shape index (κ2) is 4.81. The van der Waals surface area contributed by atoms with Crippen LogP contribution in [-0.2, 0) is 10.8 Å². The minimum Gasteiger partial charge on any atom is -0.564 e. The van der Waals surface area contributed by atoms with Gasteiger partial charge in [0.2, 0.25) is 0 Å². The summed E-state index contributed by atoms with van der Waals surface area (Å²) in [6.07, 6.45) is 1.06. The van der Waals surface area contributed by atoms with Crippen LogP contribution in [0.5, 0.6) is 0 Å². The molecule has 0 fully saturated rings. The zero-order chi connectivity index (χ0) is 11.5. The number of thiophene rings is 1. The van der Waals surface area contributed by atoms with E-state index in [1.165, 1.54) is 4.88 Å². The topological polar surface area (TPSA) is 9.23 Å². The quantitative estimate of drug-likeness (QED) is 0.715. The van der Waals surface area contributed by atoms with Gasteiger partial charge in [-0.25, -0.2) is 0 Å². The van der Waals surface area contributed by atoms with Gasteiger partial charge < -0.3 is 4.43 Å². The summed E-state index contributed by atoms with van der Waals surface area (Å²) in [5.41, 5.74) is 0. The van der Waals surface area contributed by atoms with Gasteiger partial charge in [0.05, 0.1) is 0 Å². The third kappa shape index (κ3) is 3.74. The lowest BCUT2D eigenvalue weighted by Crippen LogP contribution is -2.41. The molecule has 0 atom stereocenters. The van der Waals surface area contributed by atoms with E-state index in [0.717, 1.165) is 13.0 Å². The zero-order valence-electron chi connectivity index (χ0n) is 10.5. The Balaban J connectivity index is 2.37. The lowest BCUT2D eigenvalue weighted by molar-refractivity contribution is 0.293. The van der Waals surface area contributed by atoms with E-state index < -0.39 is 8.32 Å². The first-order valence-corrected chi connectivity index (χ1v) is 9.28. The molecule has 0 radical (unpaired) electrons. The summed E-state index contributed by atoms with van der Waals surface area (Å²) in [7, 11) is -1.53. The van der Waals surface area contributed by atoms with Gasteiger partial charge in [-0.3, -0.25) is 0 Å². The van der Waals surface area contributed by atoms with Crippen LogP contribution in [0.3, 0.4) is 0 Å². The van der Waals surface area contributed by atoms with Gasteiger partial charge in [0.25, 0.3) is 0 Å². The molecule has 87 valence electrons. The average molecular weight is 242 g/mol. The van der Waals surface area contributed by atoms with Crippen molar-refractivity contribution in [1.82, 2.24) is 0 Å². The van der Waals surface area contributed by atoms with Crippen LogP contribution >= 0.6 is 11.3 Å². The molecule has 0 N–H and O–H groups in total. The summed E-state index contributed by atoms with van der Waals surface area (Å²) in [6.45, 7) is 12.3. The van der Waals surface area contributed by atoms with E-state index in [9.17, 15) is 0 Å². The fourth-order valence-corrected chi connectivity index (χ4v) is 2.81. The van der Waals surface area contributed by atoms with Crippen molar-refractivity contribution in [3.8, 4) is 0 Å². The summed E-state index contributed by atoms with van der Waals surface area (Å²) in [4.78, 5) is 1.42. The minimum atomic E-state index is -1.53. The van der Waals surface area contributed by atoms with Gasteiger partial charge in [0.1, 0.15) is 0 Å². The van der Waals surface area contributed by atoms with Gasteiger partial charge in [0.15, 0.2) is 0 Å². The molecule has 1 rings (SSSR count). The molecule has 0 aliphatic carbocycles. The SMILES string of the molecule is CC(C)(C)[Si-](C)(C)OCCc1cccs1. The molecule has 0 amide bonds. The van der Waals surface area contributed by atoms with Crippen LogP contribution in [0, 0.1) is 0 Å². The van der Waals surface area contributed by atoms with E-state index in [2.05, 4.69) is 51.4 Å². The third-order valence-electron chi connectivity index (χ3n) is 3.20. The highest BCUT2D eigenvalue weighted by Gasteiger charge is 2.24. The molecule has 0 bridgehead atoms. The van der Waals surface area contributed by atoms with Crippen molar-refractivity contribution >= 4 is 19.7 Å². The molecule has 0 aromatic carbocycles. The van der Waals surface area contributed by atoms with Crippen molar-refractivity contribution in [3.63, 3.8) is 0 Å². The standard InChI is InChI=1S/C12H22OSSi/c1-12(2,3)15(4,5)13-9-8-11-7-6-10-14-11/h6-7,10H,8-9H2,1-5H3/q-1. The third-order valence-corrected chi connectivity index (χ3v) is 8.67. The van der Waals surface area contributed by atoms with Crippen molar-refractivity contribution in [2.24, 2.45) is 0 Å². The highest BCUT2D eigenvalue weighted by Crippen LogP contribution is 2.36. The van der Waals surface area contributed by atoms with Crippen LogP contribution in [0.1, 0.15) is 25.6 Å². The predicted octanol–water partition coefficient (Wildman–Crippen LogP) is 4.31. The molecule has 0 unspecified atom stereocenters. The van der Waals surface area contributed by atoms with Crippen molar-refractivity contribution in [3.05, 3.63) is 22.4 Å². The highest BCUT2D eigenvalue weighted by molar-refractivity contribution is 7.09. The first-order valence-electron chi connectivity index (χ1n) is 5.49. The van der Waals surface area contributed by atoms with Crippen molar-refractivity contribution in [2.75, 3.05) is 6.61 Å². The van der Waals surface area contributed by atoms with Gasteiger partial charge in [-0.15, -0.1) is 29.5 Å². The number of rotatable bonds is 4. The van der Waals surface area contributed by atoms with Gasteiger partial charge >= 0.3 is 0 Å². The molecule has 0 saturated carbocycles. The largest absolute Gasteiger partial charge is 0.564 e. The van der Waals surface area contributed by atoms with Crippen LogP contribution in [0.2, 0.25) is 18.1 Å². The van der Waals surface area contributed by atoms with Crippen molar-refractivity contribution in [1.29, 1.82) is 0 Å². The Morgan fingerprint density at radius 1 is 1.33 bits per heavy atom. The Labute approximate surface area is 98.6 Å². The number of hydrogen-bond acceptors (Lipinski definition) is 2. The maximum absolute atomic E-state index is 6.11. The van der Waals surface area contributed by atoms with E-state index in [1.54, 1.807) is 0 Å². The second-order valence-electron chi connectivity index (χ2n) is 5.44. The molecular formula is C12H22OSSi-. The molecule has 0 aliphatic heterocycles. The summed E-state index contributed by atoms with van der Waals surface area (Å²) in [5.74, 6) is 0. The highest BCUT2D eigenvalue weighted by atomic mass is 32.1. The summed E-state index contributed by atoms with van der Waals surface area (Å²) in [6, 6.07) is 4.28. The van der Waals surface area contributed by atoms with Crippen LogP contribution in [0.4, 0.5) is 0 Å². The summed E-state index contributed by atoms with van der Waals surface area (Å²) >= 11 is 1.82. The lowest BCUT2D eigenvalue weighted by Gasteiger charge is -2.48. The maximum atomic E-state index is 6.11. The van der Waals surface area contributed by atoms with Crippen LogP contribution in [0.15, 0.2) is 17.5 Å². The molecule has 0 spiro atoms. The van der Waals surface area contributed by atoms with E-state index in [4.69, 9.17) is 4.43 Å². The first-order chi connectivity index (χ1) is 6.83. The Bertz CT molecular complexity index is 285. The second-order valence-corrected chi connectivity index (χ2v) is 11.3. The first kappa shape index (κ1) is 12.9. The Hall–Kier alpha value is -0.123. The van der Waals surface area contributed by atoms with E-state index >= 15 is 0 Å². The number of hydrogen-bond donors (Lipinski definition) is 0. The van der Waals surface area contributed by atoms with Crippen LogP contribution < -0.4 is 0 Å². The lowest BCUT2D eigenvalue weighted by atomic mass is 10.2. The average Bonchev–Trinajstić information content (AvgIpc) is 2.54. The molecule has 0 aliphatic rings. The molecule has 3 heteroatoms. The summed E-state index contributed by atoms with van der Waals surface area (Å²) in [5, 5.41) is 2.45. The normalized spacial score (nSPS) is 13.1. The molecule has 1 aromatic heterocycles. The van der Waals surface area contributed by atoms with Crippen LogP contribution in [-0.4, -0.2) is 14.9 Å². The minimum absolute atomic E-state index is 0.322. The predicted molar refractivity (Wildman–Crippen MR) is 71.2 cm³/mol. The summed E-state index contributed by atoms with van der Waals surface area (Å²) < 4.78 is 6.11. The molecule has 1 nitrogen and oxygen atoms in total. The smallest absolute Gasteiger partial charge is 0.00842 e. The Morgan fingerprint density at radius 2 is 2.00 bits per heavy atom. The van der Waals surface area contributed by atoms with Crippen molar-refractivity contribution in [2.45, 2.75) is 45.3 Å². The Morgan fingerprint density at radius 3 is 2.47 bits per heavy atom. The van der Waals surface area contributed by atoms with E-state index in [0.29, 0.717) is 5.04 Å². The van der Waals surface area contributed by atoms with Gasteiger partial charge in [-0.05, 0) is 19.8 Å². The fraction of sp³-hybridized carbons (Fsp3) is 0.667. The maximum Gasteiger partial charge on any atom is 0.00842 e. The molecule has 1 aromatic rings. The molecule has 1 heterocycles. The monoisotopic (exact) mass is 242 g/mol. The Kier molecular flexibility index (Phi) is 4.15. The van der Waals surface area contributed by atoms with Gasteiger partial charge in [0, 0.05) is 17.9 Å². The fourth-order valence-electron chi connectivity index (χ4n) is 1.08.